The van der Waals surface area contributed by atoms with Crippen molar-refractivity contribution in [3.05, 3.63) is 0 Å². The second-order valence-corrected chi connectivity index (χ2v) is 5.39. The van der Waals surface area contributed by atoms with E-state index >= 15 is 0 Å². The molecule has 0 saturated heterocycles. The van der Waals surface area contributed by atoms with E-state index in [9.17, 15) is 4.79 Å². The first kappa shape index (κ1) is 13.5. The fourth-order valence-electron chi connectivity index (χ4n) is 2.93. The van der Waals surface area contributed by atoms with Crippen molar-refractivity contribution >= 4 is 5.97 Å². The van der Waals surface area contributed by atoms with Gasteiger partial charge in [-0.25, -0.2) is 0 Å². The summed E-state index contributed by atoms with van der Waals surface area (Å²) in [7, 11) is 4.05. The fraction of sp³-hybridized carbons (Fsp3) is 0.923. The van der Waals surface area contributed by atoms with Crippen LogP contribution in [0.5, 0.6) is 0 Å². The van der Waals surface area contributed by atoms with Crippen LogP contribution in [0.3, 0.4) is 0 Å². The minimum atomic E-state index is -0.663. The van der Waals surface area contributed by atoms with Crippen molar-refractivity contribution in [2.24, 2.45) is 5.92 Å². The molecule has 1 aliphatic carbocycles. The summed E-state index contributed by atoms with van der Waals surface area (Å²) in [5, 5.41) is 9.07. The maximum atomic E-state index is 11.0. The summed E-state index contributed by atoms with van der Waals surface area (Å²) in [6.07, 6.45) is 7.21. The van der Waals surface area contributed by atoms with Gasteiger partial charge in [-0.15, -0.1) is 0 Å². The zero-order valence-electron chi connectivity index (χ0n) is 10.8. The summed E-state index contributed by atoms with van der Waals surface area (Å²) in [6, 6.07) is 0. The minimum Gasteiger partial charge on any atom is -0.481 e. The summed E-state index contributed by atoms with van der Waals surface area (Å²) in [4.78, 5) is 13.2. The Bertz CT molecular complexity index is 240. The monoisotopic (exact) mass is 227 g/mol. The van der Waals surface area contributed by atoms with E-state index in [1.165, 1.54) is 25.7 Å². The quantitative estimate of drug-likeness (QED) is 0.751. The molecular formula is C13H25NO2. The van der Waals surface area contributed by atoms with E-state index in [0.717, 1.165) is 18.8 Å². The Morgan fingerprint density at radius 2 is 2.06 bits per heavy atom. The second kappa shape index (κ2) is 5.67. The molecule has 2 atom stereocenters. The van der Waals surface area contributed by atoms with E-state index in [1.807, 2.05) is 14.1 Å². The molecule has 0 spiro atoms. The molecule has 3 nitrogen and oxygen atoms in total. The molecule has 0 amide bonds. The summed E-state index contributed by atoms with van der Waals surface area (Å²) < 4.78 is 0. The Balaban J connectivity index is 2.73. The molecule has 0 radical (unpaired) electrons. The normalized spacial score (nSPS) is 31.4. The van der Waals surface area contributed by atoms with Crippen LogP contribution in [-0.4, -0.2) is 35.6 Å². The number of hydrogen-bond donors (Lipinski definition) is 1. The Kier molecular flexibility index (Phi) is 4.78. The molecule has 1 N–H and O–H groups in total. The molecule has 0 bridgehead atoms. The van der Waals surface area contributed by atoms with Gasteiger partial charge in [0.15, 0.2) is 0 Å². The molecule has 1 fully saturated rings. The summed E-state index contributed by atoms with van der Waals surface area (Å²) >= 11 is 0. The van der Waals surface area contributed by atoms with Gasteiger partial charge in [-0.05, 0) is 39.3 Å². The smallest absolute Gasteiger partial charge is 0.305 e. The SMILES string of the molecule is CCC1CCCC(CC(=O)O)(N(C)C)CC1. The topological polar surface area (TPSA) is 40.5 Å². The Hall–Kier alpha value is -0.570. The van der Waals surface area contributed by atoms with Crippen LogP contribution < -0.4 is 0 Å². The Morgan fingerprint density at radius 1 is 1.38 bits per heavy atom. The maximum Gasteiger partial charge on any atom is 0.305 e. The van der Waals surface area contributed by atoms with Crippen LogP contribution in [0, 0.1) is 5.92 Å². The molecule has 0 aromatic carbocycles. The summed E-state index contributed by atoms with van der Waals surface area (Å²) in [6.45, 7) is 2.24. The average molecular weight is 227 g/mol. The van der Waals surface area contributed by atoms with Gasteiger partial charge in [0.1, 0.15) is 0 Å². The van der Waals surface area contributed by atoms with Gasteiger partial charge >= 0.3 is 5.97 Å². The van der Waals surface area contributed by atoms with Crippen molar-refractivity contribution in [1.82, 2.24) is 4.90 Å². The average Bonchev–Trinajstić information content (AvgIpc) is 2.40. The number of carbonyl (C=O) groups is 1. The van der Waals surface area contributed by atoms with Crippen molar-refractivity contribution in [2.45, 2.75) is 57.4 Å². The lowest BCUT2D eigenvalue weighted by Crippen LogP contribution is -2.45. The first-order valence-electron chi connectivity index (χ1n) is 6.39. The standard InChI is InChI=1S/C13H25NO2/c1-4-11-6-5-8-13(9-7-11,14(2)3)10-12(15)16/h11H,4-10H2,1-3H3,(H,15,16). The van der Waals surface area contributed by atoms with Gasteiger partial charge in [-0.2, -0.15) is 0 Å². The second-order valence-electron chi connectivity index (χ2n) is 5.39. The lowest BCUT2D eigenvalue weighted by molar-refractivity contribution is -0.140. The highest BCUT2D eigenvalue weighted by Crippen LogP contribution is 2.37. The van der Waals surface area contributed by atoms with Crippen molar-refractivity contribution < 1.29 is 9.90 Å². The van der Waals surface area contributed by atoms with Crippen LogP contribution in [0.2, 0.25) is 0 Å². The van der Waals surface area contributed by atoms with Gasteiger partial charge in [-0.1, -0.05) is 26.2 Å². The summed E-state index contributed by atoms with van der Waals surface area (Å²) in [5.41, 5.74) is -0.101. The number of carboxylic acid groups (broad SMARTS) is 1. The van der Waals surface area contributed by atoms with Crippen molar-refractivity contribution in [3.63, 3.8) is 0 Å². The molecule has 0 aromatic rings. The van der Waals surface area contributed by atoms with Crippen LogP contribution in [-0.2, 0) is 4.79 Å². The van der Waals surface area contributed by atoms with Crippen LogP contribution >= 0.6 is 0 Å². The summed E-state index contributed by atoms with van der Waals surface area (Å²) in [5.74, 6) is 0.138. The van der Waals surface area contributed by atoms with Gasteiger partial charge < -0.3 is 10.0 Å². The molecule has 16 heavy (non-hydrogen) atoms. The molecule has 3 heteroatoms. The lowest BCUT2D eigenvalue weighted by Gasteiger charge is -2.38. The van der Waals surface area contributed by atoms with Crippen LogP contribution in [0.15, 0.2) is 0 Å². The molecule has 94 valence electrons. The van der Waals surface area contributed by atoms with Crippen molar-refractivity contribution in [3.8, 4) is 0 Å². The lowest BCUT2D eigenvalue weighted by atomic mass is 9.85. The van der Waals surface area contributed by atoms with Gasteiger partial charge in [0.2, 0.25) is 0 Å². The fourth-order valence-corrected chi connectivity index (χ4v) is 2.93. The highest BCUT2D eigenvalue weighted by molar-refractivity contribution is 5.68. The predicted octanol–water partition coefficient (Wildman–Crippen LogP) is 2.75. The third-order valence-corrected chi connectivity index (χ3v) is 4.28. The number of nitrogens with zero attached hydrogens (tertiary/aromatic N) is 1. The van der Waals surface area contributed by atoms with Gasteiger partial charge in [0.25, 0.3) is 0 Å². The Labute approximate surface area is 98.8 Å². The molecule has 1 rings (SSSR count). The number of carboxylic acids is 1. The number of hydrogen-bond acceptors (Lipinski definition) is 2. The molecule has 0 aromatic heterocycles. The van der Waals surface area contributed by atoms with Crippen molar-refractivity contribution in [2.75, 3.05) is 14.1 Å². The number of aliphatic carboxylic acids is 1. The van der Waals surface area contributed by atoms with E-state index < -0.39 is 5.97 Å². The van der Waals surface area contributed by atoms with Gasteiger partial charge in [-0.3, -0.25) is 4.79 Å². The molecule has 2 unspecified atom stereocenters. The number of rotatable bonds is 4. The van der Waals surface area contributed by atoms with Crippen LogP contribution in [0.1, 0.15) is 51.9 Å². The molecule has 0 heterocycles. The molecule has 0 aliphatic heterocycles. The predicted molar refractivity (Wildman–Crippen MR) is 65.5 cm³/mol. The largest absolute Gasteiger partial charge is 0.481 e. The van der Waals surface area contributed by atoms with E-state index in [0.29, 0.717) is 0 Å². The van der Waals surface area contributed by atoms with E-state index in [-0.39, 0.29) is 12.0 Å². The highest BCUT2D eigenvalue weighted by Gasteiger charge is 2.36. The zero-order chi connectivity index (χ0) is 12.2. The maximum absolute atomic E-state index is 11.0. The molecule has 1 saturated carbocycles. The van der Waals surface area contributed by atoms with E-state index in [2.05, 4.69) is 11.8 Å². The minimum absolute atomic E-state index is 0.101. The first-order valence-corrected chi connectivity index (χ1v) is 6.39. The van der Waals surface area contributed by atoms with Crippen molar-refractivity contribution in [1.29, 1.82) is 0 Å². The van der Waals surface area contributed by atoms with Crippen LogP contribution in [0.25, 0.3) is 0 Å². The highest BCUT2D eigenvalue weighted by atomic mass is 16.4. The van der Waals surface area contributed by atoms with Gasteiger partial charge in [0, 0.05) is 5.54 Å². The molecular weight excluding hydrogens is 202 g/mol. The third kappa shape index (κ3) is 3.21. The van der Waals surface area contributed by atoms with E-state index in [4.69, 9.17) is 5.11 Å². The van der Waals surface area contributed by atoms with E-state index in [1.54, 1.807) is 0 Å². The van der Waals surface area contributed by atoms with Gasteiger partial charge in [0.05, 0.1) is 6.42 Å². The zero-order valence-corrected chi connectivity index (χ0v) is 10.8. The first-order chi connectivity index (χ1) is 7.50. The molecule has 1 aliphatic rings. The third-order valence-electron chi connectivity index (χ3n) is 4.28. The van der Waals surface area contributed by atoms with Crippen LogP contribution in [0.4, 0.5) is 0 Å². The Morgan fingerprint density at radius 3 is 2.56 bits per heavy atom.